The Balaban J connectivity index is 2.91. The van der Waals surface area contributed by atoms with Crippen LogP contribution in [0.5, 0.6) is 0 Å². The van der Waals surface area contributed by atoms with Gasteiger partial charge in [-0.25, -0.2) is 0 Å². The summed E-state index contributed by atoms with van der Waals surface area (Å²) in [6, 6.07) is 6.23. The minimum Gasteiger partial charge on any atom is -0.254 e. The lowest BCUT2D eigenvalue weighted by Gasteiger charge is -1.99. The lowest BCUT2D eigenvalue weighted by molar-refractivity contribution is 1.38. The van der Waals surface area contributed by atoms with Crippen LogP contribution in [0.1, 0.15) is 0 Å². The summed E-state index contributed by atoms with van der Waals surface area (Å²) < 4.78 is 0. The molecular weight excluding hydrogens is 182 g/mol. The third-order valence-corrected chi connectivity index (χ3v) is 1.92. The van der Waals surface area contributed by atoms with E-state index < -0.39 is 0 Å². The van der Waals surface area contributed by atoms with Crippen LogP contribution in [0.4, 0.5) is 11.4 Å². The molecule has 0 saturated carbocycles. The first-order valence-electron chi connectivity index (χ1n) is 3.91. The molecule has 0 spiro atoms. The van der Waals surface area contributed by atoms with Crippen LogP contribution in [-0.4, -0.2) is 4.98 Å². The molecule has 0 aliphatic rings. The largest absolute Gasteiger partial charge is 0.254 e. The van der Waals surface area contributed by atoms with Gasteiger partial charge in [0.05, 0.1) is 0 Å². The molecule has 0 aliphatic heterocycles. The Morgan fingerprint density at radius 1 is 1.00 bits per heavy atom. The first-order chi connectivity index (χ1) is 6.86. The van der Waals surface area contributed by atoms with Crippen molar-refractivity contribution in [1.29, 1.82) is 0 Å². The van der Waals surface area contributed by atoms with Gasteiger partial charge in [-0.05, 0) is 34.6 Å². The van der Waals surface area contributed by atoms with Crippen LogP contribution in [0, 0.1) is 9.81 Å². The van der Waals surface area contributed by atoms with Gasteiger partial charge in [0.25, 0.3) is 0 Å². The zero-order valence-electron chi connectivity index (χ0n) is 7.04. The number of fused-ring (bicyclic) bond motifs is 1. The number of aromatic nitrogens is 1. The maximum absolute atomic E-state index is 10.4. The average molecular weight is 187 g/mol. The monoisotopic (exact) mass is 187 g/mol. The summed E-state index contributed by atoms with van der Waals surface area (Å²) in [5.74, 6) is 0. The fourth-order valence-corrected chi connectivity index (χ4v) is 1.30. The Morgan fingerprint density at radius 2 is 1.71 bits per heavy atom. The zero-order valence-corrected chi connectivity index (χ0v) is 7.04. The zero-order chi connectivity index (χ0) is 9.97. The molecule has 1 heterocycles. The Kier molecular flexibility index (Phi) is 1.98. The summed E-state index contributed by atoms with van der Waals surface area (Å²) in [5.41, 5.74) is 0.883. The Morgan fingerprint density at radius 3 is 2.43 bits per heavy atom. The van der Waals surface area contributed by atoms with Gasteiger partial charge in [0, 0.05) is 11.6 Å². The topological polar surface area (TPSA) is 71.8 Å². The first kappa shape index (κ1) is 8.43. The molecule has 0 saturated heterocycles. The van der Waals surface area contributed by atoms with Gasteiger partial charge in [-0.2, -0.15) is 0 Å². The Bertz CT molecular complexity index is 464. The van der Waals surface area contributed by atoms with Gasteiger partial charge in [-0.15, -0.1) is 9.81 Å². The highest BCUT2D eigenvalue weighted by molar-refractivity contribution is 5.96. The van der Waals surface area contributed by atoms with Crippen LogP contribution < -0.4 is 0 Å². The SMILES string of the molecule is O=Nc1ccc(N=O)c2ncccc12. The first-order valence-corrected chi connectivity index (χ1v) is 3.91. The number of pyridine rings is 1. The molecule has 0 radical (unpaired) electrons. The molecule has 0 N–H and O–H groups in total. The molecule has 0 amide bonds. The molecule has 2 rings (SSSR count). The van der Waals surface area contributed by atoms with Crippen molar-refractivity contribution in [3.63, 3.8) is 0 Å². The van der Waals surface area contributed by atoms with Crippen LogP contribution in [-0.2, 0) is 0 Å². The third kappa shape index (κ3) is 1.15. The molecule has 0 bridgehead atoms. The van der Waals surface area contributed by atoms with Gasteiger partial charge < -0.3 is 0 Å². The molecule has 5 nitrogen and oxygen atoms in total. The third-order valence-electron chi connectivity index (χ3n) is 1.92. The van der Waals surface area contributed by atoms with Crippen molar-refractivity contribution in [2.24, 2.45) is 10.4 Å². The summed E-state index contributed by atoms with van der Waals surface area (Å²) in [4.78, 5) is 24.8. The van der Waals surface area contributed by atoms with E-state index in [1.54, 1.807) is 12.1 Å². The maximum atomic E-state index is 10.4. The molecule has 0 fully saturated rings. The predicted molar refractivity (Wildman–Crippen MR) is 52.7 cm³/mol. The molecule has 1 aromatic carbocycles. The van der Waals surface area contributed by atoms with Crippen molar-refractivity contribution in [1.82, 2.24) is 4.98 Å². The fourth-order valence-electron chi connectivity index (χ4n) is 1.30. The van der Waals surface area contributed by atoms with Crippen LogP contribution in [0.25, 0.3) is 10.9 Å². The van der Waals surface area contributed by atoms with Crippen molar-refractivity contribution in [3.8, 4) is 0 Å². The average Bonchev–Trinajstić information content (AvgIpc) is 2.27. The summed E-state index contributed by atoms with van der Waals surface area (Å²) in [6.45, 7) is 0. The lowest BCUT2D eigenvalue weighted by Crippen LogP contribution is -1.78. The summed E-state index contributed by atoms with van der Waals surface area (Å²) in [5, 5.41) is 6.20. The summed E-state index contributed by atoms with van der Waals surface area (Å²) in [7, 11) is 0. The Hall–Kier alpha value is -2.17. The van der Waals surface area contributed by atoms with Gasteiger partial charge in [-0.3, -0.25) is 4.98 Å². The molecule has 0 aliphatic carbocycles. The number of rotatable bonds is 2. The molecule has 0 atom stereocenters. The second-order valence-electron chi connectivity index (χ2n) is 2.69. The van der Waals surface area contributed by atoms with Crippen LogP contribution >= 0.6 is 0 Å². The molecule has 14 heavy (non-hydrogen) atoms. The van der Waals surface area contributed by atoms with Gasteiger partial charge in [-0.1, -0.05) is 0 Å². The van der Waals surface area contributed by atoms with Gasteiger partial charge in [0.15, 0.2) is 0 Å². The minimum atomic E-state index is 0.216. The van der Waals surface area contributed by atoms with Crippen LogP contribution in [0.15, 0.2) is 40.8 Å². The van der Waals surface area contributed by atoms with Gasteiger partial charge >= 0.3 is 0 Å². The van der Waals surface area contributed by atoms with Gasteiger partial charge in [0.2, 0.25) is 0 Å². The van der Waals surface area contributed by atoms with E-state index in [2.05, 4.69) is 15.3 Å². The molecule has 1 aromatic heterocycles. The molecule has 2 aromatic rings. The second kappa shape index (κ2) is 3.29. The van der Waals surface area contributed by atoms with Crippen LogP contribution in [0.3, 0.4) is 0 Å². The van der Waals surface area contributed by atoms with Crippen LogP contribution in [0.2, 0.25) is 0 Å². The van der Waals surface area contributed by atoms with E-state index >= 15 is 0 Å². The number of nitrogens with zero attached hydrogens (tertiary/aromatic N) is 3. The Labute approximate surface area is 78.7 Å². The van der Waals surface area contributed by atoms with E-state index in [1.165, 1.54) is 18.3 Å². The van der Waals surface area contributed by atoms with E-state index in [9.17, 15) is 9.81 Å². The van der Waals surface area contributed by atoms with E-state index in [0.29, 0.717) is 10.9 Å². The quantitative estimate of drug-likeness (QED) is 0.678. The minimum absolute atomic E-state index is 0.216. The van der Waals surface area contributed by atoms with Crippen molar-refractivity contribution < 1.29 is 0 Å². The summed E-state index contributed by atoms with van der Waals surface area (Å²) in [6.07, 6.45) is 1.53. The maximum Gasteiger partial charge on any atom is 0.134 e. The molecule has 0 unspecified atom stereocenters. The fraction of sp³-hybridized carbons (Fsp3) is 0. The highest BCUT2D eigenvalue weighted by atomic mass is 16.3. The standard InChI is InChI=1S/C9H5N3O2/c13-11-7-3-4-8(12-14)9-6(7)2-1-5-10-9/h1-5H. The van der Waals surface area contributed by atoms with E-state index in [-0.39, 0.29) is 11.4 Å². The lowest BCUT2D eigenvalue weighted by atomic mass is 10.1. The smallest absolute Gasteiger partial charge is 0.134 e. The summed E-state index contributed by atoms with van der Waals surface area (Å²) >= 11 is 0. The van der Waals surface area contributed by atoms with Crippen molar-refractivity contribution in [3.05, 3.63) is 40.3 Å². The van der Waals surface area contributed by atoms with Crippen molar-refractivity contribution in [2.45, 2.75) is 0 Å². The van der Waals surface area contributed by atoms with E-state index in [0.717, 1.165) is 0 Å². The number of hydrogen-bond acceptors (Lipinski definition) is 5. The van der Waals surface area contributed by atoms with Crippen molar-refractivity contribution in [2.75, 3.05) is 0 Å². The second-order valence-corrected chi connectivity index (χ2v) is 2.69. The predicted octanol–water partition coefficient (Wildman–Crippen LogP) is 3.03. The molecule has 5 heteroatoms. The van der Waals surface area contributed by atoms with Gasteiger partial charge in [0.1, 0.15) is 16.9 Å². The normalized spacial score (nSPS) is 10.0. The number of benzene rings is 1. The highest BCUT2D eigenvalue weighted by Crippen LogP contribution is 2.31. The highest BCUT2D eigenvalue weighted by Gasteiger charge is 2.06. The molecule has 68 valence electrons. The number of hydrogen-bond donors (Lipinski definition) is 0. The van der Waals surface area contributed by atoms with E-state index in [1.807, 2.05) is 0 Å². The van der Waals surface area contributed by atoms with Crippen molar-refractivity contribution >= 4 is 22.3 Å². The van der Waals surface area contributed by atoms with E-state index in [4.69, 9.17) is 0 Å². The molecular formula is C9H5N3O2. The number of nitroso groups, excluding NO2 is 2.